The van der Waals surface area contributed by atoms with Crippen molar-refractivity contribution in [1.29, 1.82) is 0 Å². The van der Waals surface area contributed by atoms with Crippen molar-refractivity contribution in [2.24, 2.45) is 5.73 Å². The predicted molar refractivity (Wildman–Crippen MR) is 102 cm³/mol. The number of rotatable bonds is 8. The lowest BCUT2D eigenvalue weighted by Crippen LogP contribution is -2.50. The lowest BCUT2D eigenvalue weighted by Gasteiger charge is -2.17. The first-order valence-electron chi connectivity index (χ1n) is 8.11. The zero-order chi connectivity index (χ0) is 18.1. The highest BCUT2D eigenvalue weighted by Crippen LogP contribution is 2.17. The standard InChI is InChI=1S/C19H23N3O2S/c1-14-7-9-16(10-8-14)25-12-11-21-18(23)17(22-19(20)24)13-15-5-3-2-4-6-15/h2-10,17H,11-13H2,1H3,(H,21,23)(H3,20,22,24)/t17-/m0/s1. The fourth-order valence-corrected chi connectivity index (χ4v) is 3.10. The van der Waals surface area contributed by atoms with Gasteiger partial charge in [-0.25, -0.2) is 4.79 Å². The molecule has 2 aromatic rings. The molecule has 0 fully saturated rings. The third kappa shape index (κ3) is 6.89. The van der Waals surface area contributed by atoms with E-state index in [2.05, 4.69) is 34.9 Å². The smallest absolute Gasteiger partial charge is 0.312 e. The van der Waals surface area contributed by atoms with Gasteiger partial charge in [-0.15, -0.1) is 11.8 Å². The van der Waals surface area contributed by atoms with Gasteiger partial charge in [0.25, 0.3) is 0 Å². The number of hydrogen-bond donors (Lipinski definition) is 3. The molecule has 132 valence electrons. The van der Waals surface area contributed by atoms with Crippen LogP contribution in [0.2, 0.25) is 0 Å². The van der Waals surface area contributed by atoms with E-state index >= 15 is 0 Å². The van der Waals surface area contributed by atoms with Crippen LogP contribution in [0.4, 0.5) is 4.79 Å². The first-order chi connectivity index (χ1) is 12.0. The van der Waals surface area contributed by atoms with Gasteiger partial charge in [0, 0.05) is 23.6 Å². The largest absolute Gasteiger partial charge is 0.353 e. The van der Waals surface area contributed by atoms with Crippen LogP contribution in [-0.2, 0) is 11.2 Å². The lowest BCUT2D eigenvalue weighted by molar-refractivity contribution is -0.122. The van der Waals surface area contributed by atoms with Crippen molar-refractivity contribution in [3.8, 4) is 0 Å². The molecule has 0 heterocycles. The minimum absolute atomic E-state index is 0.229. The van der Waals surface area contributed by atoms with E-state index in [0.29, 0.717) is 13.0 Å². The van der Waals surface area contributed by atoms with Gasteiger partial charge in [0.15, 0.2) is 0 Å². The van der Waals surface area contributed by atoms with Gasteiger partial charge >= 0.3 is 6.03 Å². The van der Waals surface area contributed by atoms with E-state index in [-0.39, 0.29) is 5.91 Å². The molecule has 0 aromatic heterocycles. The summed E-state index contributed by atoms with van der Waals surface area (Å²) in [7, 11) is 0. The second-order valence-electron chi connectivity index (χ2n) is 5.70. The Bertz CT molecular complexity index is 690. The average molecular weight is 357 g/mol. The summed E-state index contributed by atoms with van der Waals surface area (Å²) in [5.74, 6) is 0.524. The molecule has 0 spiro atoms. The molecular formula is C19H23N3O2S. The molecule has 6 heteroatoms. The Kier molecular flexibility index (Phi) is 7.35. The number of benzene rings is 2. The van der Waals surface area contributed by atoms with Gasteiger partial charge in [0.05, 0.1) is 0 Å². The van der Waals surface area contributed by atoms with Crippen molar-refractivity contribution in [3.63, 3.8) is 0 Å². The van der Waals surface area contributed by atoms with Crippen LogP contribution in [0.25, 0.3) is 0 Å². The molecule has 25 heavy (non-hydrogen) atoms. The number of thioether (sulfide) groups is 1. The molecule has 2 aromatic carbocycles. The van der Waals surface area contributed by atoms with Gasteiger partial charge < -0.3 is 16.4 Å². The summed E-state index contributed by atoms with van der Waals surface area (Å²) >= 11 is 1.67. The molecular weight excluding hydrogens is 334 g/mol. The van der Waals surface area contributed by atoms with Crippen LogP contribution in [0.15, 0.2) is 59.5 Å². The molecule has 5 nitrogen and oxygen atoms in total. The van der Waals surface area contributed by atoms with Crippen molar-refractivity contribution in [2.45, 2.75) is 24.3 Å². The Morgan fingerprint density at radius 1 is 1.08 bits per heavy atom. The van der Waals surface area contributed by atoms with Crippen LogP contribution >= 0.6 is 11.8 Å². The molecule has 0 saturated carbocycles. The lowest BCUT2D eigenvalue weighted by atomic mass is 10.1. The topological polar surface area (TPSA) is 84.2 Å². The first kappa shape index (κ1) is 18.9. The highest BCUT2D eigenvalue weighted by atomic mass is 32.2. The number of urea groups is 1. The minimum Gasteiger partial charge on any atom is -0.353 e. The fraction of sp³-hybridized carbons (Fsp3) is 0.263. The van der Waals surface area contributed by atoms with E-state index < -0.39 is 12.1 Å². The highest BCUT2D eigenvalue weighted by Gasteiger charge is 2.19. The second kappa shape index (κ2) is 9.74. The number of nitrogens with one attached hydrogen (secondary N) is 2. The Balaban J connectivity index is 1.82. The number of carbonyl (C=O) groups excluding carboxylic acids is 2. The zero-order valence-electron chi connectivity index (χ0n) is 14.2. The SMILES string of the molecule is Cc1ccc(SCCNC(=O)[C@H](Cc2ccccc2)NC(N)=O)cc1. The average Bonchev–Trinajstić information content (AvgIpc) is 2.60. The van der Waals surface area contributed by atoms with E-state index in [4.69, 9.17) is 5.73 Å². The van der Waals surface area contributed by atoms with Gasteiger partial charge in [0.2, 0.25) is 5.91 Å². The third-order valence-corrected chi connectivity index (χ3v) is 4.62. The van der Waals surface area contributed by atoms with Crippen molar-refractivity contribution >= 4 is 23.7 Å². The molecule has 0 aliphatic carbocycles. The summed E-state index contributed by atoms with van der Waals surface area (Å²) in [5.41, 5.74) is 7.38. The number of hydrogen-bond acceptors (Lipinski definition) is 3. The third-order valence-electron chi connectivity index (χ3n) is 3.61. The van der Waals surface area contributed by atoms with Crippen LogP contribution in [0.5, 0.6) is 0 Å². The number of nitrogens with two attached hydrogens (primary N) is 1. The van der Waals surface area contributed by atoms with Crippen molar-refractivity contribution in [1.82, 2.24) is 10.6 Å². The summed E-state index contributed by atoms with van der Waals surface area (Å²) in [5, 5.41) is 5.37. The Morgan fingerprint density at radius 3 is 2.40 bits per heavy atom. The van der Waals surface area contributed by atoms with Crippen molar-refractivity contribution in [2.75, 3.05) is 12.3 Å². The summed E-state index contributed by atoms with van der Waals surface area (Å²) in [6.45, 7) is 2.57. The maximum absolute atomic E-state index is 12.3. The van der Waals surface area contributed by atoms with Crippen LogP contribution in [-0.4, -0.2) is 30.3 Å². The maximum atomic E-state index is 12.3. The van der Waals surface area contributed by atoms with Crippen LogP contribution in [0.1, 0.15) is 11.1 Å². The Labute approximate surface area is 152 Å². The molecule has 0 bridgehead atoms. The summed E-state index contributed by atoms with van der Waals surface area (Å²) < 4.78 is 0. The van der Waals surface area contributed by atoms with E-state index in [1.807, 2.05) is 37.3 Å². The van der Waals surface area contributed by atoms with E-state index in [9.17, 15) is 9.59 Å². The van der Waals surface area contributed by atoms with Crippen LogP contribution in [0, 0.1) is 6.92 Å². The summed E-state index contributed by atoms with van der Waals surface area (Å²) in [6.07, 6.45) is 0.403. The first-order valence-corrected chi connectivity index (χ1v) is 9.10. The second-order valence-corrected chi connectivity index (χ2v) is 6.87. The molecule has 2 rings (SSSR count). The van der Waals surface area contributed by atoms with E-state index in [1.165, 1.54) is 5.56 Å². The molecule has 3 amide bonds. The quantitative estimate of drug-likeness (QED) is 0.501. The molecule has 0 aliphatic rings. The molecule has 0 saturated heterocycles. The summed E-state index contributed by atoms with van der Waals surface area (Å²) in [4.78, 5) is 24.7. The van der Waals surface area contributed by atoms with Crippen molar-refractivity contribution in [3.05, 3.63) is 65.7 Å². The number of amides is 3. The number of aryl methyl sites for hydroxylation is 1. The van der Waals surface area contributed by atoms with Gasteiger partial charge in [-0.1, -0.05) is 48.0 Å². The van der Waals surface area contributed by atoms with E-state index in [0.717, 1.165) is 16.2 Å². The predicted octanol–water partition coefficient (Wildman–Crippen LogP) is 2.48. The maximum Gasteiger partial charge on any atom is 0.312 e. The monoisotopic (exact) mass is 357 g/mol. The number of primary amides is 1. The summed E-state index contributed by atoms with van der Waals surface area (Å²) in [6, 6.07) is 16.4. The Morgan fingerprint density at radius 2 is 1.76 bits per heavy atom. The fourth-order valence-electron chi connectivity index (χ4n) is 2.33. The molecule has 0 aliphatic heterocycles. The Hall–Kier alpha value is -2.47. The van der Waals surface area contributed by atoms with E-state index in [1.54, 1.807) is 11.8 Å². The number of carbonyl (C=O) groups is 2. The van der Waals surface area contributed by atoms with Gasteiger partial charge in [0.1, 0.15) is 6.04 Å². The minimum atomic E-state index is -0.704. The van der Waals surface area contributed by atoms with Crippen LogP contribution in [0.3, 0.4) is 0 Å². The zero-order valence-corrected chi connectivity index (χ0v) is 15.0. The van der Waals surface area contributed by atoms with Crippen molar-refractivity contribution < 1.29 is 9.59 Å². The molecule has 1 atom stereocenters. The molecule has 0 unspecified atom stereocenters. The van der Waals surface area contributed by atoms with Gasteiger partial charge in [-0.3, -0.25) is 4.79 Å². The molecule has 4 N–H and O–H groups in total. The van der Waals surface area contributed by atoms with Gasteiger partial charge in [-0.2, -0.15) is 0 Å². The normalized spacial score (nSPS) is 11.6. The van der Waals surface area contributed by atoms with Crippen LogP contribution < -0.4 is 16.4 Å². The highest BCUT2D eigenvalue weighted by molar-refractivity contribution is 7.99. The van der Waals surface area contributed by atoms with Gasteiger partial charge in [-0.05, 0) is 24.6 Å². The molecule has 0 radical (unpaired) electrons.